The molecule has 5 heteroatoms. The van der Waals surface area contributed by atoms with Crippen molar-refractivity contribution in [2.45, 2.75) is 31.6 Å². The molecule has 27 heavy (non-hydrogen) atoms. The van der Waals surface area contributed by atoms with E-state index in [4.69, 9.17) is 0 Å². The Bertz CT molecular complexity index is 872. The highest BCUT2D eigenvalue weighted by atomic mass is 16.2. The summed E-state index contributed by atoms with van der Waals surface area (Å²) in [6, 6.07) is 16.8. The summed E-state index contributed by atoms with van der Waals surface area (Å²) in [5.74, 6) is -0.695. The van der Waals surface area contributed by atoms with E-state index >= 15 is 0 Å². The standard InChI is InChI=1S/C22H22N2O3/c1-2-22(15-14-20(26)24-21(22)27)17-9-11-18(12-10-17)23-19(25)13-8-16-6-4-3-5-7-16/h3-13H,2,14-15H2,1H3,(H,23,25)(H,24,26,27)/b13-8+. The molecule has 2 aromatic rings. The lowest BCUT2D eigenvalue weighted by atomic mass is 9.72. The molecule has 138 valence electrons. The Morgan fingerprint density at radius 3 is 2.44 bits per heavy atom. The van der Waals surface area contributed by atoms with E-state index in [2.05, 4.69) is 10.6 Å². The second-order valence-corrected chi connectivity index (χ2v) is 6.62. The zero-order valence-corrected chi connectivity index (χ0v) is 15.2. The molecule has 1 aliphatic heterocycles. The summed E-state index contributed by atoms with van der Waals surface area (Å²) < 4.78 is 0. The van der Waals surface area contributed by atoms with Gasteiger partial charge in [0, 0.05) is 18.2 Å². The average Bonchev–Trinajstić information content (AvgIpc) is 2.69. The van der Waals surface area contributed by atoms with Gasteiger partial charge in [-0.05, 0) is 42.2 Å². The molecule has 0 radical (unpaired) electrons. The minimum Gasteiger partial charge on any atom is -0.323 e. The number of anilines is 1. The molecule has 0 bridgehead atoms. The smallest absolute Gasteiger partial charge is 0.248 e. The number of amides is 3. The van der Waals surface area contributed by atoms with Crippen molar-refractivity contribution >= 4 is 29.5 Å². The van der Waals surface area contributed by atoms with Crippen LogP contribution in [0.2, 0.25) is 0 Å². The van der Waals surface area contributed by atoms with E-state index in [9.17, 15) is 14.4 Å². The van der Waals surface area contributed by atoms with Gasteiger partial charge in [0.2, 0.25) is 17.7 Å². The first-order valence-corrected chi connectivity index (χ1v) is 9.02. The fraction of sp³-hybridized carbons (Fsp3) is 0.227. The molecule has 0 saturated carbocycles. The molecule has 3 amide bonds. The molecule has 2 aromatic carbocycles. The van der Waals surface area contributed by atoms with E-state index in [1.807, 2.05) is 49.4 Å². The maximum Gasteiger partial charge on any atom is 0.248 e. The fourth-order valence-electron chi connectivity index (χ4n) is 3.36. The molecule has 3 rings (SSSR count). The number of nitrogens with one attached hydrogen (secondary N) is 2. The van der Waals surface area contributed by atoms with Crippen molar-refractivity contribution < 1.29 is 14.4 Å². The van der Waals surface area contributed by atoms with Crippen molar-refractivity contribution in [2.24, 2.45) is 0 Å². The van der Waals surface area contributed by atoms with Crippen LogP contribution in [-0.2, 0) is 19.8 Å². The van der Waals surface area contributed by atoms with Gasteiger partial charge in [-0.15, -0.1) is 0 Å². The molecule has 1 fully saturated rings. The molecule has 2 N–H and O–H groups in total. The van der Waals surface area contributed by atoms with Gasteiger partial charge >= 0.3 is 0 Å². The molecule has 1 heterocycles. The summed E-state index contributed by atoms with van der Waals surface area (Å²) in [7, 11) is 0. The first-order chi connectivity index (χ1) is 13.0. The van der Waals surface area contributed by atoms with E-state index < -0.39 is 5.41 Å². The first-order valence-electron chi connectivity index (χ1n) is 9.02. The van der Waals surface area contributed by atoms with E-state index in [1.54, 1.807) is 18.2 Å². The van der Waals surface area contributed by atoms with E-state index in [1.165, 1.54) is 6.08 Å². The highest BCUT2D eigenvalue weighted by Crippen LogP contribution is 2.36. The van der Waals surface area contributed by atoms with Gasteiger partial charge in [-0.25, -0.2) is 0 Å². The zero-order valence-electron chi connectivity index (χ0n) is 15.2. The maximum absolute atomic E-state index is 12.4. The molecule has 5 nitrogen and oxygen atoms in total. The summed E-state index contributed by atoms with van der Waals surface area (Å²) in [6.45, 7) is 1.94. The molecule has 0 aliphatic carbocycles. The summed E-state index contributed by atoms with van der Waals surface area (Å²) in [5, 5.41) is 5.25. The number of piperidine rings is 1. The number of hydrogen-bond donors (Lipinski definition) is 2. The largest absolute Gasteiger partial charge is 0.323 e. The minimum absolute atomic E-state index is 0.224. The van der Waals surface area contributed by atoms with E-state index in [0.717, 1.165) is 11.1 Å². The monoisotopic (exact) mass is 362 g/mol. The number of carbonyl (C=O) groups excluding carboxylic acids is 3. The number of carbonyl (C=O) groups is 3. The number of benzene rings is 2. The van der Waals surface area contributed by atoms with Crippen molar-refractivity contribution in [2.75, 3.05) is 5.32 Å². The van der Waals surface area contributed by atoms with Gasteiger partial charge in [0.05, 0.1) is 5.41 Å². The Labute approximate surface area is 158 Å². The van der Waals surface area contributed by atoms with Crippen LogP contribution < -0.4 is 10.6 Å². The van der Waals surface area contributed by atoms with Crippen LogP contribution in [0.5, 0.6) is 0 Å². The summed E-state index contributed by atoms with van der Waals surface area (Å²) in [4.78, 5) is 36.0. The number of imide groups is 1. The highest BCUT2D eigenvalue weighted by molar-refractivity contribution is 6.04. The Morgan fingerprint density at radius 2 is 1.81 bits per heavy atom. The third-order valence-corrected chi connectivity index (χ3v) is 5.00. The zero-order chi connectivity index (χ0) is 19.3. The molecule has 1 saturated heterocycles. The Balaban J connectivity index is 1.69. The Kier molecular flexibility index (Phi) is 5.50. The van der Waals surface area contributed by atoms with Crippen LogP contribution in [-0.4, -0.2) is 17.7 Å². The van der Waals surface area contributed by atoms with Crippen molar-refractivity contribution in [3.63, 3.8) is 0 Å². The third-order valence-electron chi connectivity index (χ3n) is 5.00. The van der Waals surface area contributed by atoms with Gasteiger partial charge < -0.3 is 5.32 Å². The van der Waals surface area contributed by atoms with Crippen molar-refractivity contribution in [3.8, 4) is 0 Å². The second kappa shape index (κ2) is 7.99. The molecular formula is C22H22N2O3. The van der Waals surface area contributed by atoms with Gasteiger partial charge in [0.15, 0.2) is 0 Å². The molecule has 1 aliphatic rings. The average molecular weight is 362 g/mol. The summed E-state index contributed by atoms with van der Waals surface area (Å²) in [5.41, 5.74) is 1.77. The topological polar surface area (TPSA) is 75.3 Å². The van der Waals surface area contributed by atoms with Crippen molar-refractivity contribution in [1.29, 1.82) is 0 Å². The SMILES string of the molecule is CCC1(c2ccc(NC(=O)/C=C/c3ccccc3)cc2)CCC(=O)NC1=O. The number of hydrogen-bond acceptors (Lipinski definition) is 3. The summed E-state index contributed by atoms with van der Waals surface area (Å²) in [6.07, 6.45) is 4.68. The van der Waals surface area contributed by atoms with Crippen LogP contribution in [0.15, 0.2) is 60.7 Å². The molecule has 0 spiro atoms. The minimum atomic E-state index is -0.691. The number of rotatable bonds is 5. The van der Waals surface area contributed by atoms with E-state index in [0.29, 0.717) is 24.9 Å². The van der Waals surface area contributed by atoms with Crippen LogP contribution in [0.3, 0.4) is 0 Å². The van der Waals surface area contributed by atoms with Crippen LogP contribution >= 0.6 is 0 Å². The van der Waals surface area contributed by atoms with E-state index in [-0.39, 0.29) is 17.7 Å². The van der Waals surface area contributed by atoms with Crippen LogP contribution in [0.1, 0.15) is 37.3 Å². The van der Waals surface area contributed by atoms with Crippen LogP contribution in [0.25, 0.3) is 6.08 Å². The normalized spacial score (nSPS) is 19.7. The fourth-order valence-corrected chi connectivity index (χ4v) is 3.36. The predicted molar refractivity (Wildman–Crippen MR) is 105 cm³/mol. The van der Waals surface area contributed by atoms with Gasteiger partial charge in [0.1, 0.15) is 0 Å². The quantitative estimate of drug-likeness (QED) is 0.632. The first kappa shape index (κ1) is 18.6. The van der Waals surface area contributed by atoms with Gasteiger partial charge in [0.25, 0.3) is 0 Å². The highest BCUT2D eigenvalue weighted by Gasteiger charge is 2.42. The van der Waals surface area contributed by atoms with Crippen LogP contribution in [0.4, 0.5) is 5.69 Å². The van der Waals surface area contributed by atoms with Gasteiger partial charge in [-0.3, -0.25) is 19.7 Å². The lowest BCUT2D eigenvalue weighted by Gasteiger charge is -2.35. The molecule has 1 unspecified atom stereocenters. The van der Waals surface area contributed by atoms with Gasteiger partial charge in [-0.1, -0.05) is 49.4 Å². The molecular weight excluding hydrogens is 340 g/mol. The maximum atomic E-state index is 12.4. The molecule has 0 aromatic heterocycles. The van der Waals surface area contributed by atoms with Gasteiger partial charge in [-0.2, -0.15) is 0 Å². The van der Waals surface area contributed by atoms with Crippen molar-refractivity contribution in [1.82, 2.24) is 5.32 Å². The second-order valence-electron chi connectivity index (χ2n) is 6.62. The summed E-state index contributed by atoms with van der Waals surface area (Å²) >= 11 is 0. The molecule has 1 atom stereocenters. The lowest BCUT2D eigenvalue weighted by molar-refractivity contribution is -0.138. The Morgan fingerprint density at radius 1 is 1.11 bits per heavy atom. The third kappa shape index (κ3) is 4.14. The van der Waals surface area contributed by atoms with Crippen molar-refractivity contribution in [3.05, 3.63) is 71.8 Å². The van der Waals surface area contributed by atoms with Crippen LogP contribution in [0, 0.1) is 0 Å². The predicted octanol–water partition coefficient (Wildman–Crippen LogP) is 3.42. The Hall–Kier alpha value is -3.21. The lowest BCUT2D eigenvalue weighted by Crippen LogP contribution is -2.51.